The van der Waals surface area contributed by atoms with Crippen molar-refractivity contribution in [1.29, 1.82) is 0 Å². The largest absolute Gasteiger partial charge is 0.396 e. The van der Waals surface area contributed by atoms with E-state index in [2.05, 4.69) is 5.32 Å². The van der Waals surface area contributed by atoms with Crippen LogP contribution in [0.1, 0.15) is 26.7 Å². The third kappa shape index (κ3) is 6.61. The van der Waals surface area contributed by atoms with Crippen LogP contribution in [0.5, 0.6) is 0 Å². The van der Waals surface area contributed by atoms with Crippen molar-refractivity contribution in [2.75, 3.05) is 40.1 Å². The molecule has 0 aliphatic heterocycles. The van der Waals surface area contributed by atoms with Crippen molar-refractivity contribution in [3.63, 3.8) is 0 Å². The number of aliphatic hydroxyl groups excluding tert-OH is 1. The van der Waals surface area contributed by atoms with E-state index in [0.29, 0.717) is 19.8 Å². The first kappa shape index (κ1) is 16.4. The lowest BCUT2D eigenvalue weighted by Gasteiger charge is -2.29. The summed E-state index contributed by atoms with van der Waals surface area (Å²) in [5.41, 5.74) is -0.206. The van der Waals surface area contributed by atoms with Gasteiger partial charge in [0.2, 0.25) is 5.91 Å². The molecule has 0 bridgehead atoms. The highest BCUT2D eigenvalue weighted by atomic mass is 16.5. The fraction of sp³-hybridized carbons (Fsp3) is 0.917. The van der Waals surface area contributed by atoms with Gasteiger partial charge in [0, 0.05) is 19.1 Å². The minimum atomic E-state index is -0.206. The van der Waals surface area contributed by atoms with Crippen LogP contribution in [-0.2, 0) is 14.3 Å². The summed E-state index contributed by atoms with van der Waals surface area (Å²) in [6, 6.07) is 0. The number of carbonyl (C=O) groups is 1. The molecule has 1 amide bonds. The average molecular weight is 247 g/mol. The zero-order valence-corrected chi connectivity index (χ0v) is 11.1. The third-order valence-electron chi connectivity index (χ3n) is 3.16. The molecule has 0 spiro atoms. The monoisotopic (exact) mass is 247 g/mol. The van der Waals surface area contributed by atoms with E-state index in [1.165, 1.54) is 0 Å². The number of aliphatic hydroxyl groups is 1. The first-order valence-electron chi connectivity index (χ1n) is 6.08. The van der Waals surface area contributed by atoms with Crippen molar-refractivity contribution >= 4 is 5.91 Å². The lowest BCUT2D eigenvalue weighted by molar-refractivity contribution is -0.126. The number of nitrogens with one attached hydrogen (secondary N) is 1. The molecule has 0 aliphatic carbocycles. The number of amides is 1. The molecule has 0 fully saturated rings. The number of ether oxygens (including phenoxy) is 2. The molecule has 0 heterocycles. The van der Waals surface area contributed by atoms with Crippen LogP contribution in [0.4, 0.5) is 0 Å². The highest BCUT2D eigenvalue weighted by molar-refractivity contribution is 5.77. The number of hydrogen-bond acceptors (Lipinski definition) is 4. The van der Waals surface area contributed by atoms with Crippen molar-refractivity contribution in [1.82, 2.24) is 5.32 Å². The molecule has 0 aromatic rings. The minimum Gasteiger partial charge on any atom is -0.396 e. The predicted octanol–water partition coefficient (Wildman–Crippen LogP) is 0.564. The van der Waals surface area contributed by atoms with Crippen LogP contribution < -0.4 is 5.32 Å². The molecule has 2 N–H and O–H groups in total. The fourth-order valence-electron chi connectivity index (χ4n) is 1.42. The van der Waals surface area contributed by atoms with Crippen molar-refractivity contribution in [2.24, 2.45) is 5.41 Å². The van der Waals surface area contributed by atoms with Crippen molar-refractivity contribution < 1.29 is 19.4 Å². The van der Waals surface area contributed by atoms with Crippen LogP contribution >= 0.6 is 0 Å². The van der Waals surface area contributed by atoms with Crippen molar-refractivity contribution in [2.45, 2.75) is 26.7 Å². The van der Waals surface area contributed by atoms with Gasteiger partial charge in [-0.15, -0.1) is 0 Å². The van der Waals surface area contributed by atoms with E-state index in [1.54, 1.807) is 7.11 Å². The van der Waals surface area contributed by atoms with E-state index in [-0.39, 0.29) is 24.5 Å². The van der Waals surface area contributed by atoms with Gasteiger partial charge < -0.3 is 19.9 Å². The summed E-state index contributed by atoms with van der Waals surface area (Å²) < 4.78 is 9.90. The van der Waals surface area contributed by atoms with Gasteiger partial charge in [-0.2, -0.15) is 0 Å². The number of hydrogen-bond donors (Lipinski definition) is 2. The van der Waals surface area contributed by atoms with E-state index < -0.39 is 0 Å². The zero-order chi connectivity index (χ0) is 13.1. The summed E-state index contributed by atoms with van der Waals surface area (Å²) >= 11 is 0. The van der Waals surface area contributed by atoms with Gasteiger partial charge in [-0.3, -0.25) is 4.79 Å². The first-order valence-corrected chi connectivity index (χ1v) is 6.08. The normalized spacial score (nSPS) is 11.5. The van der Waals surface area contributed by atoms with Crippen LogP contribution in [0, 0.1) is 5.41 Å². The quantitative estimate of drug-likeness (QED) is 0.554. The molecule has 17 heavy (non-hydrogen) atoms. The Kier molecular flexibility index (Phi) is 9.03. The molecule has 0 aromatic heterocycles. The highest BCUT2D eigenvalue weighted by Crippen LogP contribution is 2.24. The lowest BCUT2D eigenvalue weighted by atomic mass is 9.83. The van der Waals surface area contributed by atoms with E-state index in [9.17, 15) is 9.90 Å². The van der Waals surface area contributed by atoms with Crippen molar-refractivity contribution in [3.05, 3.63) is 0 Å². The van der Waals surface area contributed by atoms with Gasteiger partial charge in [-0.25, -0.2) is 0 Å². The minimum absolute atomic E-state index is 0.0400. The molecule has 0 unspecified atom stereocenters. The molecular weight excluding hydrogens is 222 g/mol. The summed E-state index contributed by atoms with van der Waals surface area (Å²) in [6.07, 6.45) is 1.68. The number of methoxy groups -OCH3 is 1. The summed E-state index contributed by atoms with van der Waals surface area (Å²) in [7, 11) is 1.58. The summed E-state index contributed by atoms with van der Waals surface area (Å²) in [5.74, 6) is -0.152. The molecule has 0 saturated carbocycles. The van der Waals surface area contributed by atoms with E-state index in [0.717, 1.165) is 12.8 Å². The Hall–Kier alpha value is -0.650. The molecule has 5 heteroatoms. The molecule has 0 aromatic carbocycles. The molecule has 102 valence electrons. The first-order chi connectivity index (χ1) is 8.14. The Labute approximate surface area is 103 Å². The van der Waals surface area contributed by atoms with Gasteiger partial charge in [0.05, 0.1) is 19.8 Å². The zero-order valence-electron chi connectivity index (χ0n) is 11.1. The number of carbonyl (C=O) groups excluding carboxylic acids is 1. The molecule has 0 saturated heterocycles. The van der Waals surface area contributed by atoms with Gasteiger partial charge in [0.25, 0.3) is 0 Å². The smallest absolute Gasteiger partial charge is 0.246 e. The Bertz CT molecular complexity index is 196. The Balaban J connectivity index is 3.81. The molecular formula is C12H25NO4. The Morgan fingerprint density at radius 2 is 1.94 bits per heavy atom. The third-order valence-corrected chi connectivity index (χ3v) is 3.16. The molecule has 5 nitrogen and oxygen atoms in total. The Morgan fingerprint density at radius 3 is 2.41 bits per heavy atom. The highest BCUT2D eigenvalue weighted by Gasteiger charge is 2.25. The SMILES string of the molecule is CCC(CC)(CO)CNC(=O)COCCOC. The second-order valence-corrected chi connectivity index (χ2v) is 4.19. The van der Waals surface area contributed by atoms with Gasteiger partial charge in [0.15, 0.2) is 0 Å². The molecule has 0 radical (unpaired) electrons. The maximum atomic E-state index is 11.4. The maximum absolute atomic E-state index is 11.4. The lowest BCUT2D eigenvalue weighted by Crippen LogP contribution is -2.40. The summed E-state index contributed by atoms with van der Waals surface area (Å²) in [5, 5.41) is 12.1. The van der Waals surface area contributed by atoms with Crippen molar-refractivity contribution in [3.8, 4) is 0 Å². The van der Waals surface area contributed by atoms with Crippen LogP contribution in [-0.4, -0.2) is 51.1 Å². The van der Waals surface area contributed by atoms with Gasteiger partial charge >= 0.3 is 0 Å². The van der Waals surface area contributed by atoms with Crippen LogP contribution in [0.15, 0.2) is 0 Å². The second-order valence-electron chi connectivity index (χ2n) is 4.19. The van der Waals surface area contributed by atoms with Crippen LogP contribution in [0.3, 0.4) is 0 Å². The average Bonchev–Trinajstić information content (AvgIpc) is 2.37. The van der Waals surface area contributed by atoms with Crippen LogP contribution in [0.2, 0.25) is 0 Å². The van der Waals surface area contributed by atoms with E-state index in [4.69, 9.17) is 9.47 Å². The summed E-state index contributed by atoms with van der Waals surface area (Å²) in [4.78, 5) is 11.4. The van der Waals surface area contributed by atoms with Gasteiger partial charge in [0.1, 0.15) is 6.61 Å². The number of rotatable bonds is 10. The molecule has 0 atom stereocenters. The summed E-state index contributed by atoms with van der Waals surface area (Å²) in [6.45, 7) is 5.54. The van der Waals surface area contributed by atoms with E-state index >= 15 is 0 Å². The fourth-order valence-corrected chi connectivity index (χ4v) is 1.42. The van der Waals surface area contributed by atoms with Gasteiger partial charge in [-0.1, -0.05) is 13.8 Å². The predicted molar refractivity (Wildman–Crippen MR) is 65.8 cm³/mol. The Morgan fingerprint density at radius 1 is 1.29 bits per heavy atom. The van der Waals surface area contributed by atoms with Crippen LogP contribution in [0.25, 0.3) is 0 Å². The standard InChI is InChI=1S/C12H25NO4/c1-4-12(5-2,10-14)9-13-11(15)8-17-7-6-16-3/h14H,4-10H2,1-3H3,(H,13,15). The maximum Gasteiger partial charge on any atom is 0.246 e. The second kappa shape index (κ2) is 9.39. The molecule has 0 rings (SSSR count). The van der Waals surface area contributed by atoms with Gasteiger partial charge in [-0.05, 0) is 12.8 Å². The van der Waals surface area contributed by atoms with E-state index in [1.807, 2.05) is 13.8 Å². The topological polar surface area (TPSA) is 67.8 Å². The molecule has 0 aliphatic rings.